The third-order valence-electron chi connectivity index (χ3n) is 4.09. The number of hydrogen-bond acceptors (Lipinski definition) is 4. The second kappa shape index (κ2) is 5.86. The zero-order valence-electron chi connectivity index (χ0n) is 11.4. The Morgan fingerprint density at radius 1 is 1.39 bits per heavy atom. The summed E-state index contributed by atoms with van der Waals surface area (Å²) in [6.45, 7) is 4.13. The molecule has 106 valence electrons. The van der Waals surface area contributed by atoms with E-state index < -0.39 is 10.0 Å². The van der Waals surface area contributed by atoms with Crippen LogP contribution in [-0.2, 0) is 10.0 Å². The lowest BCUT2D eigenvalue weighted by Gasteiger charge is -2.27. The van der Waals surface area contributed by atoms with Crippen LogP contribution in [0.3, 0.4) is 0 Å². The molecule has 2 unspecified atom stereocenters. The minimum atomic E-state index is -3.16. The highest BCUT2D eigenvalue weighted by molar-refractivity contribution is 7.90. The molecule has 0 aromatic carbocycles. The molecule has 1 aliphatic carbocycles. The Balaban J connectivity index is 1.80. The van der Waals surface area contributed by atoms with Crippen molar-refractivity contribution in [2.24, 2.45) is 0 Å². The first-order chi connectivity index (χ1) is 8.50. The van der Waals surface area contributed by atoms with E-state index in [0.717, 1.165) is 19.4 Å². The zero-order valence-corrected chi connectivity index (χ0v) is 12.2. The van der Waals surface area contributed by atoms with Crippen LogP contribution in [0.25, 0.3) is 0 Å². The fourth-order valence-corrected chi connectivity index (χ4v) is 3.95. The Kier molecular flexibility index (Phi) is 4.64. The summed E-state index contributed by atoms with van der Waals surface area (Å²) in [4.78, 5) is 2.28. The van der Waals surface area contributed by atoms with Crippen LogP contribution in [0.1, 0.15) is 32.6 Å². The highest BCUT2D eigenvalue weighted by Gasteiger charge is 2.31. The summed E-state index contributed by atoms with van der Waals surface area (Å²) < 4.78 is 27.0. The van der Waals surface area contributed by atoms with Gasteiger partial charge in [0.2, 0.25) is 10.0 Å². The molecule has 0 aromatic heterocycles. The number of hydrogen-bond donors (Lipinski definition) is 2. The van der Waals surface area contributed by atoms with Gasteiger partial charge in [-0.05, 0) is 46.2 Å². The topological polar surface area (TPSA) is 61.4 Å². The minimum absolute atomic E-state index is 0.260. The predicted molar refractivity (Wildman–Crippen MR) is 73.1 cm³/mol. The second-order valence-electron chi connectivity index (χ2n) is 5.61. The van der Waals surface area contributed by atoms with Crippen molar-refractivity contribution in [3.8, 4) is 0 Å². The summed E-state index contributed by atoms with van der Waals surface area (Å²) >= 11 is 0. The summed E-state index contributed by atoms with van der Waals surface area (Å²) in [5.41, 5.74) is 0. The van der Waals surface area contributed by atoms with Gasteiger partial charge in [0.25, 0.3) is 0 Å². The molecule has 0 radical (unpaired) electrons. The van der Waals surface area contributed by atoms with E-state index in [1.165, 1.54) is 12.8 Å². The molecule has 2 N–H and O–H groups in total. The number of nitrogens with one attached hydrogen (secondary N) is 2. The van der Waals surface area contributed by atoms with E-state index in [2.05, 4.69) is 28.9 Å². The van der Waals surface area contributed by atoms with Crippen molar-refractivity contribution in [2.45, 2.75) is 49.9 Å². The first kappa shape index (κ1) is 14.2. The van der Waals surface area contributed by atoms with Crippen LogP contribution < -0.4 is 10.0 Å². The molecule has 0 spiro atoms. The average Bonchev–Trinajstić information content (AvgIpc) is 3.20. The van der Waals surface area contributed by atoms with Crippen LogP contribution in [0.4, 0.5) is 0 Å². The smallest absolute Gasteiger partial charge is 0.215 e. The van der Waals surface area contributed by atoms with E-state index in [-0.39, 0.29) is 11.3 Å². The maximum absolute atomic E-state index is 12.1. The Morgan fingerprint density at radius 2 is 2.11 bits per heavy atom. The van der Waals surface area contributed by atoms with Gasteiger partial charge in [0, 0.05) is 25.2 Å². The van der Waals surface area contributed by atoms with Crippen molar-refractivity contribution in [1.82, 2.24) is 14.9 Å². The number of piperidine rings is 1. The molecule has 1 aliphatic heterocycles. The molecular weight excluding hydrogens is 250 g/mol. The maximum atomic E-state index is 12.1. The van der Waals surface area contributed by atoms with Crippen molar-refractivity contribution >= 4 is 10.0 Å². The molecule has 1 saturated carbocycles. The maximum Gasteiger partial charge on any atom is 0.215 e. The molecule has 0 amide bonds. The van der Waals surface area contributed by atoms with Crippen LogP contribution in [0.15, 0.2) is 0 Å². The molecule has 6 heteroatoms. The number of rotatable bonds is 6. The van der Waals surface area contributed by atoms with Crippen LogP contribution >= 0.6 is 0 Å². The van der Waals surface area contributed by atoms with Gasteiger partial charge in [-0.3, -0.25) is 4.90 Å². The van der Waals surface area contributed by atoms with Gasteiger partial charge in [-0.1, -0.05) is 0 Å². The van der Waals surface area contributed by atoms with Crippen LogP contribution in [-0.4, -0.2) is 57.3 Å². The van der Waals surface area contributed by atoms with Gasteiger partial charge >= 0.3 is 0 Å². The Labute approximate surface area is 110 Å². The summed E-state index contributed by atoms with van der Waals surface area (Å²) in [5.74, 6) is 0. The van der Waals surface area contributed by atoms with Crippen molar-refractivity contribution in [3.05, 3.63) is 0 Å². The van der Waals surface area contributed by atoms with Crippen LogP contribution in [0, 0.1) is 0 Å². The Bertz CT molecular complexity index is 362. The van der Waals surface area contributed by atoms with Crippen molar-refractivity contribution in [2.75, 3.05) is 26.7 Å². The third kappa shape index (κ3) is 3.66. The third-order valence-corrected chi connectivity index (χ3v) is 5.94. The summed E-state index contributed by atoms with van der Waals surface area (Å²) in [6.07, 6.45) is 4.22. The molecule has 2 atom stereocenters. The molecule has 2 rings (SSSR count). The zero-order chi connectivity index (χ0) is 13.2. The lowest BCUT2D eigenvalue weighted by Crippen LogP contribution is -2.48. The van der Waals surface area contributed by atoms with Crippen molar-refractivity contribution in [3.63, 3.8) is 0 Å². The summed E-state index contributed by atoms with van der Waals surface area (Å²) in [5, 5.41) is 2.89. The molecule has 2 aliphatic rings. The largest absolute Gasteiger partial charge is 0.315 e. The second-order valence-corrected chi connectivity index (χ2v) is 7.65. The van der Waals surface area contributed by atoms with E-state index in [4.69, 9.17) is 0 Å². The van der Waals surface area contributed by atoms with Crippen molar-refractivity contribution in [1.29, 1.82) is 0 Å². The predicted octanol–water partition coefficient (Wildman–Crippen LogP) is 0.141. The van der Waals surface area contributed by atoms with Gasteiger partial charge in [0.1, 0.15) is 0 Å². The van der Waals surface area contributed by atoms with Gasteiger partial charge in [-0.15, -0.1) is 0 Å². The van der Waals surface area contributed by atoms with E-state index in [9.17, 15) is 8.42 Å². The first-order valence-electron chi connectivity index (χ1n) is 6.92. The lowest BCUT2D eigenvalue weighted by atomic mass is 10.2. The van der Waals surface area contributed by atoms with Gasteiger partial charge in [-0.25, -0.2) is 13.1 Å². The number of nitrogens with zero attached hydrogens (tertiary/aromatic N) is 1. The minimum Gasteiger partial charge on any atom is -0.315 e. The SMILES string of the molecule is CC(CNS(=O)(=O)C1CCCNC1)N(C)C1CC1. The van der Waals surface area contributed by atoms with Crippen LogP contribution in [0.2, 0.25) is 0 Å². The average molecular weight is 275 g/mol. The fourth-order valence-electron chi connectivity index (χ4n) is 2.42. The van der Waals surface area contributed by atoms with E-state index in [0.29, 0.717) is 19.1 Å². The van der Waals surface area contributed by atoms with E-state index in [1.807, 2.05) is 0 Å². The molecule has 5 nitrogen and oxygen atoms in total. The molecular formula is C12H25N3O2S. The summed E-state index contributed by atoms with van der Waals surface area (Å²) in [7, 11) is -1.07. The number of sulfonamides is 1. The Morgan fingerprint density at radius 3 is 2.67 bits per heavy atom. The van der Waals surface area contributed by atoms with E-state index >= 15 is 0 Å². The van der Waals surface area contributed by atoms with E-state index in [1.54, 1.807) is 0 Å². The van der Waals surface area contributed by atoms with Gasteiger partial charge in [0.05, 0.1) is 5.25 Å². The monoisotopic (exact) mass is 275 g/mol. The van der Waals surface area contributed by atoms with Gasteiger partial charge < -0.3 is 5.32 Å². The molecule has 1 heterocycles. The molecule has 0 bridgehead atoms. The molecule has 2 fully saturated rings. The van der Waals surface area contributed by atoms with Crippen LogP contribution in [0.5, 0.6) is 0 Å². The summed E-state index contributed by atoms with van der Waals surface area (Å²) in [6, 6.07) is 0.935. The Hall–Kier alpha value is -0.170. The number of likely N-dealkylation sites (N-methyl/N-ethyl adjacent to an activating group) is 1. The normalized spacial score (nSPS) is 27.4. The highest BCUT2D eigenvalue weighted by atomic mass is 32.2. The molecule has 0 aromatic rings. The quantitative estimate of drug-likeness (QED) is 0.724. The van der Waals surface area contributed by atoms with Gasteiger partial charge in [0.15, 0.2) is 0 Å². The van der Waals surface area contributed by atoms with Crippen molar-refractivity contribution < 1.29 is 8.42 Å². The standard InChI is InChI=1S/C12H25N3O2S/c1-10(15(2)11-5-6-11)8-14-18(16,17)12-4-3-7-13-9-12/h10-14H,3-9H2,1-2H3. The first-order valence-corrected chi connectivity index (χ1v) is 8.46. The lowest BCUT2D eigenvalue weighted by molar-refractivity contribution is 0.248. The molecule has 18 heavy (non-hydrogen) atoms. The van der Waals surface area contributed by atoms with Gasteiger partial charge in [-0.2, -0.15) is 0 Å². The highest BCUT2D eigenvalue weighted by Crippen LogP contribution is 2.26. The fraction of sp³-hybridized carbons (Fsp3) is 1.00. The molecule has 1 saturated heterocycles.